The highest BCUT2D eigenvalue weighted by Gasteiger charge is 2.15. The highest BCUT2D eigenvalue weighted by atomic mass is 79.9. The average molecular weight is 270 g/mol. The fourth-order valence-corrected chi connectivity index (χ4v) is 1.03. The van der Waals surface area contributed by atoms with Gasteiger partial charge in [-0.05, 0) is 42.8 Å². The minimum absolute atomic E-state index is 0.284. The van der Waals surface area contributed by atoms with Crippen LogP contribution in [-0.4, -0.2) is 13.0 Å². The predicted molar refractivity (Wildman–Crippen MR) is 64.8 cm³/mol. The molecule has 2 rings (SSSR count). The van der Waals surface area contributed by atoms with Gasteiger partial charge in [-0.25, -0.2) is 0 Å². The molecule has 0 spiro atoms. The molecule has 14 heavy (non-hydrogen) atoms. The van der Waals surface area contributed by atoms with Crippen molar-refractivity contribution in [1.82, 2.24) is 0 Å². The van der Waals surface area contributed by atoms with Crippen molar-refractivity contribution in [2.45, 2.75) is 19.6 Å². The van der Waals surface area contributed by atoms with Gasteiger partial charge in [0, 0.05) is 39.6 Å². The van der Waals surface area contributed by atoms with Crippen LogP contribution in [0.2, 0.25) is 0 Å². The van der Waals surface area contributed by atoms with Crippen molar-refractivity contribution in [2.24, 2.45) is 5.89 Å². The van der Waals surface area contributed by atoms with Crippen molar-refractivity contribution in [3.63, 3.8) is 0 Å². The van der Waals surface area contributed by atoms with Crippen LogP contribution in [0, 0.1) is 5.89 Å². The first-order valence-electron chi connectivity index (χ1n) is 11.6. The lowest BCUT2D eigenvalue weighted by atomic mass is 10.00. The lowest BCUT2D eigenvalue weighted by molar-refractivity contribution is 0.447. The van der Waals surface area contributed by atoms with Gasteiger partial charge in [0.2, 0.25) is 0 Å². The molecule has 1 unspecified atom stereocenters. The molecular weight excluding hydrogens is 238 g/mol. The molecule has 0 N–H and O–H groups in total. The molecule has 0 aliphatic carbocycles. The van der Waals surface area contributed by atoms with Crippen LogP contribution in [0.5, 0.6) is 0 Å². The average Bonchev–Trinajstić information content (AvgIpc) is 2.58. The summed E-state index contributed by atoms with van der Waals surface area (Å²) in [7, 11) is 0. The number of anilines is 1. The van der Waals surface area contributed by atoms with Gasteiger partial charge in [0.15, 0.2) is 0 Å². The lowest BCUT2D eigenvalue weighted by Gasteiger charge is -2.32. The Morgan fingerprint density at radius 3 is 3.14 bits per heavy atom. The van der Waals surface area contributed by atoms with Crippen LogP contribution in [0.4, 0.5) is 5.69 Å². The zero-order valence-corrected chi connectivity index (χ0v) is 8.41. The minimum Gasteiger partial charge on any atom is -0.371 e. The second kappa shape index (κ2) is 4.35. The van der Waals surface area contributed by atoms with E-state index < -0.39 is 68.3 Å². The molecule has 0 saturated carbocycles. The van der Waals surface area contributed by atoms with Gasteiger partial charge < -0.3 is 4.90 Å². The van der Waals surface area contributed by atoms with Gasteiger partial charge in [-0.15, -0.1) is 0 Å². The summed E-state index contributed by atoms with van der Waals surface area (Å²) in [6.07, 6.45) is -7.75. The first kappa shape index (κ1) is 2.27. The van der Waals surface area contributed by atoms with Crippen LogP contribution in [0.1, 0.15) is 41.5 Å². The monoisotopic (exact) mass is 269 g/mol. The summed E-state index contributed by atoms with van der Waals surface area (Å²) in [5.74, 6) is -3.93. The van der Waals surface area contributed by atoms with Crippen LogP contribution in [-0.2, 0) is 0 Å². The number of nitrogens with zero attached hydrogens (tertiary/aromatic N) is 1. The highest BCUT2D eigenvalue weighted by Crippen LogP contribution is 2.24. The van der Waals surface area contributed by atoms with E-state index in [1.807, 2.05) is 0 Å². The Kier molecular flexibility index (Phi) is 0.704. The molecule has 1 aliphatic heterocycles. The molecule has 1 fully saturated rings. The molecule has 1 aliphatic rings. The summed E-state index contributed by atoms with van der Waals surface area (Å²) in [6.45, 7) is -11.4. The summed E-state index contributed by atoms with van der Waals surface area (Å²) in [6, 6.07) is -3.61. The molecule has 0 amide bonds. The Balaban J connectivity index is 3.12. The highest BCUT2D eigenvalue weighted by molar-refractivity contribution is 9.10. The topological polar surface area (TPSA) is 3.24 Å². The summed E-state index contributed by atoms with van der Waals surface area (Å²) in [4.78, 5) is -0.284. The zero-order chi connectivity index (χ0) is 24.0. The van der Waals surface area contributed by atoms with Crippen LogP contribution in [0.15, 0.2) is 28.6 Å². The van der Waals surface area contributed by atoms with E-state index in [-0.39, 0.29) is 9.37 Å². The van der Waals surface area contributed by atoms with E-state index in [1.165, 1.54) is 0 Å². The van der Waals surface area contributed by atoms with Crippen molar-refractivity contribution in [3.05, 3.63) is 28.6 Å². The molecule has 76 valence electrons. The first-order valence-corrected chi connectivity index (χ1v) is 4.40. The maximum atomic E-state index is 8.30. The third-order valence-corrected chi connectivity index (χ3v) is 1.78. The van der Waals surface area contributed by atoms with E-state index in [0.717, 1.165) is 0 Å². The van der Waals surface area contributed by atoms with Crippen LogP contribution < -0.4 is 4.90 Å². The number of halogens is 1. The Morgan fingerprint density at radius 2 is 2.43 bits per heavy atom. The summed E-state index contributed by atoms with van der Waals surface area (Å²) < 4.78 is 128. The maximum Gasteiger partial charge on any atom is 0.0645 e. The Bertz CT molecular complexity index is 862. The third kappa shape index (κ3) is 2.30. The van der Waals surface area contributed by atoms with Gasteiger partial charge >= 0.3 is 0 Å². The smallest absolute Gasteiger partial charge is 0.0645 e. The molecule has 1 saturated heterocycles. The largest absolute Gasteiger partial charge is 0.371 e. The van der Waals surface area contributed by atoms with Crippen molar-refractivity contribution < 1.29 is 21.9 Å². The van der Waals surface area contributed by atoms with Crippen LogP contribution in [0.25, 0.3) is 0 Å². The van der Waals surface area contributed by atoms with Crippen LogP contribution >= 0.6 is 15.9 Å². The lowest BCUT2D eigenvalue weighted by Crippen LogP contribution is -2.34. The summed E-state index contributed by atoms with van der Waals surface area (Å²) in [5, 5.41) is 0. The van der Waals surface area contributed by atoms with Gasteiger partial charge in [0.05, 0.1) is 5.48 Å². The SMILES string of the molecule is [2H]c1c([2H])c(N2C([2H])([2H])C([2H])([2H])C([2H])([2H])C([2H])(C([2H])([2H])[2H])C2([2H])[2H])c([2H])c([2H])c1Br. The summed E-state index contributed by atoms with van der Waals surface area (Å²) in [5.41, 5.74) is -1.14. The Hall–Kier alpha value is -0.500. The molecule has 1 nitrogen and oxygen atoms in total. The van der Waals surface area contributed by atoms with Crippen molar-refractivity contribution in [2.75, 3.05) is 17.9 Å². The Morgan fingerprint density at radius 1 is 1.64 bits per heavy atom. The molecular formula is C12H16BrN. The second-order valence-corrected chi connectivity index (χ2v) is 3.14. The van der Waals surface area contributed by atoms with Crippen molar-refractivity contribution in [1.29, 1.82) is 0 Å². The van der Waals surface area contributed by atoms with Gasteiger partial charge in [0.25, 0.3) is 0 Å². The molecule has 1 heterocycles. The number of hydrogen-bond acceptors (Lipinski definition) is 1. The van der Waals surface area contributed by atoms with E-state index >= 15 is 0 Å². The number of piperidine rings is 1. The minimum atomic E-state index is -3.93. The van der Waals surface area contributed by atoms with E-state index in [4.69, 9.17) is 21.9 Å². The summed E-state index contributed by atoms with van der Waals surface area (Å²) >= 11 is 2.81. The third-order valence-electron chi connectivity index (χ3n) is 1.38. The van der Waals surface area contributed by atoms with Gasteiger partial charge in [-0.1, -0.05) is 22.8 Å². The fourth-order valence-electron chi connectivity index (χ4n) is 0.828. The zero-order valence-electron chi connectivity index (χ0n) is 22.8. The van der Waals surface area contributed by atoms with Gasteiger partial charge in [-0.3, -0.25) is 0 Å². The molecule has 0 bridgehead atoms. The van der Waals surface area contributed by atoms with Crippen molar-refractivity contribution in [3.8, 4) is 0 Å². The second-order valence-electron chi connectivity index (χ2n) is 2.35. The van der Waals surface area contributed by atoms with E-state index in [2.05, 4.69) is 15.9 Å². The number of benzene rings is 1. The molecule has 0 aromatic heterocycles. The van der Waals surface area contributed by atoms with E-state index in [1.54, 1.807) is 0 Å². The molecule has 1 aromatic rings. The Labute approximate surface area is 117 Å². The molecule has 0 radical (unpaired) electrons. The standard InChI is InChI=1S/C12H16BrN/c1-10-3-2-8-14(9-10)12-6-4-11(13)5-7-12/h4-7,10H,2-3,8-9H2,1H3/i1D3,2D2,3D2,4D,5D,6D,7D,8D2,9D2,10D. The maximum absolute atomic E-state index is 8.30. The van der Waals surface area contributed by atoms with Gasteiger partial charge in [0.1, 0.15) is 0 Å². The van der Waals surface area contributed by atoms with Crippen molar-refractivity contribution >= 4 is 21.6 Å². The van der Waals surface area contributed by atoms with Gasteiger partial charge in [-0.2, -0.15) is 0 Å². The predicted octanol–water partition coefficient (Wildman–Crippen LogP) is 3.69. The molecule has 1 atom stereocenters. The number of rotatable bonds is 1. The molecule has 2 heteroatoms. The van der Waals surface area contributed by atoms with E-state index in [9.17, 15) is 0 Å². The quantitative estimate of drug-likeness (QED) is 0.752. The fraction of sp³-hybridized carbons (Fsp3) is 0.500. The van der Waals surface area contributed by atoms with E-state index in [0.29, 0.717) is 0 Å². The number of hydrogen-bond donors (Lipinski definition) is 0. The normalized spacial score (nSPS) is 59.6. The first-order chi connectivity index (χ1) is 13.0. The van der Waals surface area contributed by atoms with Crippen LogP contribution in [0.3, 0.4) is 0 Å². The molecule has 1 aromatic carbocycles.